The van der Waals surface area contributed by atoms with Crippen molar-refractivity contribution in [1.29, 1.82) is 0 Å². The molecule has 2 heterocycles. The van der Waals surface area contributed by atoms with E-state index < -0.39 is 42.0 Å². The van der Waals surface area contributed by atoms with Gasteiger partial charge >= 0.3 is 12.5 Å². The number of hydrogen-bond acceptors (Lipinski definition) is 7. The third-order valence-electron chi connectivity index (χ3n) is 3.64. The first-order valence-electron chi connectivity index (χ1n) is 8.08. The zero-order valence-corrected chi connectivity index (χ0v) is 17.0. The molecule has 1 aromatic rings. The van der Waals surface area contributed by atoms with Gasteiger partial charge < -0.3 is 9.26 Å². The van der Waals surface area contributed by atoms with Crippen LogP contribution in [0.15, 0.2) is 20.9 Å². The maximum absolute atomic E-state index is 14.4. The van der Waals surface area contributed by atoms with Gasteiger partial charge in [0.05, 0.1) is 24.4 Å². The number of nitrogens with one attached hydrogen (secondary N) is 1. The molecule has 1 fully saturated rings. The Balaban J connectivity index is 2.17. The van der Waals surface area contributed by atoms with Gasteiger partial charge in [0.2, 0.25) is 0 Å². The van der Waals surface area contributed by atoms with Crippen LogP contribution in [0.25, 0.3) is 10.4 Å². The zero-order valence-electron chi connectivity index (χ0n) is 15.3. The lowest BCUT2D eigenvalue weighted by Gasteiger charge is -2.25. The van der Waals surface area contributed by atoms with E-state index >= 15 is 0 Å². The molecule has 0 aliphatic carbocycles. The molecule has 10 nitrogen and oxygen atoms in total. The van der Waals surface area contributed by atoms with Crippen molar-refractivity contribution in [3.63, 3.8) is 0 Å². The second-order valence-corrected chi connectivity index (χ2v) is 9.66. The summed E-state index contributed by atoms with van der Waals surface area (Å²) >= 11 is 4.75. The number of hydrogen-bond donors (Lipinski definition) is 1. The largest absolute Gasteiger partial charge is 0.366 e. The maximum atomic E-state index is 14.4. The third kappa shape index (κ3) is 5.97. The van der Waals surface area contributed by atoms with E-state index in [-0.39, 0.29) is 13.0 Å². The number of rotatable bonds is 6. The summed E-state index contributed by atoms with van der Waals surface area (Å²) < 4.78 is 31.5. The van der Waals surface area contributed by atoms with E-state index in [2.05, 4.69) is 15.0 Å². The summed E-state index contributed by atoms with van der Waals surface area (Å²) in [6, 6.07) is -0.705. The predicted molar refractivity (Wildman–Crippen MR) is 99.7 cm³/mol. The molecular weight excluding hydrogens is 400 g/mol. The molecule has 1 aromatic heterocycles. The predicted octanol–water partition coefficient (Wildman–Crippen LogP) is 2.84. The fraction of sp³-hybridized carbons (Fsp3) is 0.714. The van der Waals surface area contributed by atoms with Crippen LogP contribution in [-0.4, -0.2) is 33.9 Å². The lowest BCUT2D eigenvalue weighted by molar-refractivity contribution is -0.0267. The van der Waals surface area contributed by atoms with Crippen LogP contribution in [0.2, 0.25) is 0 Å². The summed E-state index contributed by atoms with van der Waals surface area (Å²) in [5.74, 6) is 0. The molecular formula is C14H21FN5O5PS. The number of aromatic amines is 1. The summed E-state index contributed by atoms with van der Waals surface area (Å²) in [5.41, 5.74) is 7.08. The van der Waals surface area contributed by atoms with Crippen molar-refractivity contribution >= 4 is 18.6 Å². The molecule has 0 bridgehead atoms. The van der Waals surface area contributed by atoms with Crippen molar-refractivity contribution in [2.75, 3.05) is 6.61 Å². The van der Waals surface area contributed by atoms with Crippen molar-refractivity contribution in [3.05, 3.63) is 43.0 Å². The molecule has 1 N–H and O–H groups in total. The van der Waals surface area contributed by atoms with E-state index in [9.17, 15) is 13.8 Å². The lowest BCUT2D eigenvalue weighted by atomic mass is 10.1. The quantitative estimate of drug-likeness (QED) is 0.325. The Labute approximate surface area is 159 Å². The number of aromatic nitrogens is 2. The number of nitrogens with zero attached hydrogens (tertiary/aromatic N) is 4. The molecule has 1 unspecified atom stereocenters. The molecule has 1 aliphatic rings. The highest BCUT2D eigenvalue weighted by Crippen LogP contribution is 2.54. The summed E-state index contributed by atoms with van der Waals surface area (Å²) in [4.78, 5) is 28.5. The summed E-state index contributed by atoms with van der Waals surface area (Å²) in [6.07, 6.45) is -0.131. The molecule has 27 heavy (non-hydrogen) atoms. The van der Waals surface area contributed by atoms with Crippen molar-refractivity contribution < 1.29 is 18.0 Å². The van der Waals surface area contributed by atoms with Gasteiger partial charge in [-0.3, -0.25) is 18.9 Å². The van der Waals surface area contributed by atoms with Crippen molar-refractivity contribution in [3.8, 4) is 0 Å². The Kier molecular flexibility index (Phi) is 6.62. The summed E-state index contributed by atoms with van der Waals surface area (Å²) in [6.45, 7) is 2.15. The molecule has 0 radical (unpaired) electrons. The highest BCUT2D eigenvalue weighted by atomic mass is 32.5. The third-order valence-corrected chi connectivity index (χ3v) is 5.40. The molecule has 2 rings (SSSR count). The van der Waals surface area contributed by atoms with Gasteiger partial charge in [-0.1, -0.05) is 5.11 Å². The van der Waals surface area contributed by atoms with Crippen molar-refractivity contribution in [2.24, 2.45) is 5.11 Å². The van der Waals surface area contributed by atoms with Crippen LogP contribution in [0.1, 0.15) is 39.0 Å². The standard InChI is InChI=1S/C14H21FN5O5PS/c1-8-6-20(13(22)17-12(8)21)11-5-9(18-19-16)10(24-11)7-23-26(15,27)25-14(2,3)4/h6,9-11H,5,7H2,1-4H3,(H,17,21,22)/t9-,10+,11+,26?/m0/s1. The average Bonchev–Trinajstić information content (AvgIpc) is 2.90. The van der Waals surface area contributed by atoms with Crippen molar-refractivity contribution in [2.45, 2.75) is 58.1 Å². The Morgan fingerprint density at radius 1 is 1.56 bits per heavy atom. The molecule has 0 spiro atoms. The fourth-order valence-electron chi connectivity index (χ4n) is 2.54. The first-order valence-corrected chi connectivity index (χ1v) is 10.6. The second kappa shape index (κ2) is 8.22. The normalized spacial score (nSPS) is 25.0. The monoisotopic (exact) mass is 421 g/mol. The van der Waals surface area contributed by atoms with E-state index in [0.29, 0.717) is 5.56 Å². The number of aryl methyl sites for hydroxylation is 1. The Morgan fingerprint density at radius 3 is 2.81 bits per heavy atom. The minimum Gasteiger partial charge on any atom is -0.352 e. The van der Waals surface area contributed by atoms with Gasteiger partial charge in [0.15, 0.2) is 0 Å². The molecule has 4 atom stereocenters. The molecule has 0 aromatic carbocycles. The molecule has 150 valence electrons. The van der Waals surface area contributed by atoms with Gasteiger partial charge in [0, 0.05) is 23.1 Å². The topological polar surface area (TPSA) is 131 Å². The highest BCUT2D eigenvalue weighted by Gasteiger charge is 2.38. The van der Waals surface area contributed by atoms with Gasteiger partial charge in [-0.15, -0.1) is 0 Å². The maximum Gasteiger partial charge on any atom is 0.366 e. The number of azide groups is 1. The van der Waals surface area contributed by atoms with Gasteiger partial charge in [-0.2, -0.15) is 4.20 Å². The van der Waals surface area contributed by atoms with E-state index in [1.54, 1.807) is 20.8 Å². The smallest absolute Gasteiger partial charge is 0.352 e. The fourth-order valence-corrected chi connectivity index (χ4v) is 4.43. The van der Waals surface area contributed by atoms with Crippen LogP contribution >= 0.6 is 6.80 Å². The van der Waals surface area contributed by atoms with Gasteiger partial charge in [-0.25, -0.2) is 4.79 Å². The van der Waals surface area contributed by atoms with Gasteiger partial charge in [0.1, 0.15) is 6.23 Å². The van der Waals surface area contributed by atoms with Crippen LogP contribution in [0.3, 0.4) is 0 Å². The molecule has 1 saturated heterocycles. The average molecular weight is 421 g/mol. The van der Waals surface area contributed by atoms with E-state index in [0.717, 1.165) is 0 Å². The van der Waals surface area contributed by atoms with Crippen LogP contribution in [0.5, 0.6) is 0 Å². The number of H-pyrrole nitrogens is 1. The lowest BCUT2D eigenvalue weighted by Crippen LogP contribution is -2.33. The first kappa shape index (κ1) is 21.7. The number of ether oxygens (including phenoxy) is 1. The molecule has 1 aliphatic heterocycles. The number of halogens is 1. The van der Waals surface area contributed by atoms with Crippen LogP contribution < -0.4 is 11.2 Å². The minimum absolute atomic E-state index is 0.152. The van der Waals surface area contributed by atoms with Crippen molar-refractivity contribution in [1.82, 2.24) is 9.55 Å². The summed E-state index contributed by atoms with van der Waals surface area (Å²) in [5, 5.41) is 3.63. The Morgan fingerprint density at radius 2 is 2.22 bits per heavy atom. The van der Waals surface area contributed by atoms with Crippen LogP contribution in [-0.2, 0) is 25.6 Å². The second-order valence-electron chi connectivity index (χ2n) is 7.05. The molecule has 13 heteroatoms. The highest BCUT2D eigenvalue weighted by molar-refractivity contribution is 8.07. The Bertz CT molecular complexity index is 906. The molecule has 0 saturated carbocycles. The van der Waals surface area contributed by atoms with Gasteiger partial charge in [0.25, 0.3) is 5.56 Å². The molecule has 0 amide bonds. The minimum atomic E-state index is -4.03. The van der Waals surface area contributed by atoms with Crippen LogP contribution in [0, 0.1) is 6.92 Å². The summed E-state index contributed by atoms with van der Waals surface area (Å²) in [7, 11) is 0. The SMILES string of the molecule is Cc1cn([C@H]2C[C@H](N=[N+]=[N-])[C@@H](COP(F)(=S)OC(C)(C)C)O2)c(=O)[nH]c1=O. The zero-order chi connectivity index (χ0) is 20.4. The van der Waals surface area contributed by atoms with E-state index in [1.807, 2.05) is 0 Å². The van der Waals surface area contributed by atoms with Crippen LogP contribution in [0.4, 0.5) is 4.20 Å². The van der Waals surface area contributed by atoms with E-state index in [1.165, 1.54) is 17.7 Å². The first-order chi connectivity index (χ1) is 12.4. The Hall–Kier alpha value is -1.55. The van der Waals surface area contributed by atoms with Gasteiger partial charge in [-0.05, 0) is 45.0 Å². The van der Waals surface area contributed by atoms with E-state index in [4.69, 9.17) is 31.1 Å².